The van der Waals surface area contributed by atoms with Gasteiger partial charge in [0.15, 0.2) is 5.76 Å². The molecule has 1 aliphatic carbocycles. The lowest BCUT2D eigenvalue weighted by Crippen LogP contribution is -2.46. The molecular formula is C34H40N4O3. The Kier molecular flexibility index (Phi) is 8.52. The summed E-state index contributed by atoms with van der Waals surface area (Å²) in [5, 5.41) is 4.26. The van der Waals surface area contributed by atoms with E-state index in [0.717, 1.165) is 66.6 Å². The van der Waals surface area contributed by atoms with Crippen LogP contribution in [0.2, 0.25) is 0 Å². The van der Waals surface area contributed by atoms with Gasteiger partial charge in [0, 0.05) is 35.2 Å². The van der Waals surface area contributed by atoms with E-state index in [1.54, 1.807) is 11.0 Å². The molecule has 2 fully saturated rings. The Morgan fingerprint density at radius 2 is 1.63 bits per heavy atom. The van der Waals surface area contributed by atoms with E-state index in [1.165, 1.54) is 25.7 Å². The molecule has 1 saturated heterocycles. The van der Waals surface area contributed by atoms with Crippen molar-refractivity contribution in [2.24, 2.45) is 0 Å². The van der Waals surface area contributed by atoms with Gasteiger partial charge in [-0.15, -0.1) is 0 Å². The summed E-state index contributed by atoms with van der Waals surface area (Å²) >= 11 is 0. The quantitative estimate of drug-likeness (QED) is 0.246. The van der Waals surface area contributed by atoms with Gasteiger partial charge in [0.2, 0.25) is 5.91 Å². The van der Waals surface area contributed by atoms with E-state index in [9.17, 15) is 9.59 Å². The topological polar surface area (TPSA) is 81.6 Å². The van der Waals surface area contributed by atoms with Crippen LogP contribution in [0.15, 0.2) is 77.3 Å². The highest BCUT2D eigenvalue weighted by Crippen LogP contribution is 2.32. The number of likely N-dealkylation sites (tertiary alicyclic amines) is 1. The number of hydrogen-bond acceptors (Lipinski definition) is 4. The number of aromatic nitrogens is 1. The average molecular weight is 553 g/mol. The molecule has 4 aromatic rings. The second-order valence-corrected chi connectivity index (χ2v) is 11.6. The van der Waals surface area contributed by atoms with E-state index in [0.29, 0.717) is 6.54 Å². The Morgan fingerprint density at radius 1 is 0.902 bits per heavy atom. The van der Waals surface area contributed by atoms with Crippen LogP contribution in [0, 0.1) is 0 Å². The molecule has 2 aromatic heterocycles. The van der Waals surface area contributed by atoms with Crippen molar-refractivity contribution >= 4 is 22.7 Å². The summed E-state index contributed by atoms with van der Waals surface area (Å²) < 4.78 is 6.18. The molecule has 6 rings (SSSR count). The van der Waals surface area contributed by atoms with Crippen molar-refractivity contribution in [1.82, 2.24) is 20.1 Å². The van der Waals surface area contributed by atoms with E-state index in [1.807, 2.05) is 66.9 Å². The zero-order chi connectivity index (χ0) is 28.0. The first kappa shape index (κ1) is 27.3. The first-order valence-corrected chi connectivity index (χ1v) is 15.2. The molecule has 1 saturated carbocycles. The first-order valence-electron chi connectivity index (χ1n) is 15.2. The zero-order valence-electron chi connectivity index (χ0n) is 23.7. The molecule has 1 aliphatic heterocycles. The summed E-state index contributed by atoms with van der Waals surface area (Å²) in [5.74, 6) is 0.618. The fourth-order valence-electron chi connectivity index (χ4n) is 6.42. The third-order valence-electron chi connectivity index (χ3n) is 8.58. The number of nitrogens with zero attached hydrogens (tertiary/aromatic N) is 2. The minimum absolute atomic E-state index is 0.123. The normalized spacial score (nSPS) is 17.4. The SMILES string of the molecule is O=C(NC1CCCCC1)C(c1c[nH]c2ccccc12)N(Cc1ccccc1)C(=O)c1ccc(CN2CCCCC2)o1. The maximum Gasteiger partial charge on any atom is 0.290 e. The highest BCUT2D eigenvalue weighted by atomic mass is 16.4. The lowest BCUT2D eigenvalue weighted by Gasteiger charge is -2.33. The fraction of sp³-hybridized carbons (Fsp3) is 0.412. The first-order chi connectivity index (χ1) is 20.2. The van der Waals surface area contributed by atoms with Gasteiger partial charge in [-0.2, -0.15) is 0 Å². The number of para-hydroxylation sites is 1. The number of benzene rings is 2. The van der Waals surface area contributed by atoms with Gasteiger partial charge in [0.25, 0.3) is 5.91 Å². The molecular weight excluding hydrogens is 512 g/mol. The Hall–Kier alpha value is -3.84. The summed E-state index contributed by atoms with van der Waals surface area (Å²) in [4.78, 5) is 36.0. The van der Waals surface area contributed by atoms with Crippen LogP contribution < -0.4 is 5.32 Å². The van der Waals surface area contributed by atoms with E-state index >= 15 is 0 Å². The lowest BCUT2D eigenvalue weighted by atomic mass is 9.94. The predicted octanol–water partition coefficient (Wildman–Crippen LogP) is 6.58. The van der Waals surface area contributed by atoms with Crippen molar-refractivity contribution in [2.75, 3.05) is 13.1 Å². The molecule has 214 valence electrons. The summed E-state index contributed by atoms with van der Waals surface area (Å²) in [6.45, 7) is 3.08. The lowest BCUT2D eigenvalue weighted by molar-refractivity contribution is -0.127. The number of rotatable bonds is 9. The number of nitrogens with one attached hydrogen (secondary N) is 2. The van der Waals surface area contributed by atoms with Gasteiger partial charge < -0.3 is 19.6 Å². The van der Waals surface area contributed by atoms with Gasteiger partial charge in [-0.25, -0.2) is 0 Å². The minimum Gasteiger partial charge on any atom is -0.455 e. The van der Waals surface area contributed by atoms with Crippen LogP contribution in [0.4, 0.5) is 0 Å². The molecule has 41 heavy (non-hydrogen) atoms. The maximum absolute atomic E-state index is 14.4. The molecule has 2 aromatic carbocycles. The molecule has 0 bridgehead atoms. The molecule has 7 heteroatoms. The highest BCUT2D eigenvalue weighted by Gasteiger charge is 2.36. The monoisotopic (exact) mass is 552 g/mol. The fourth-order valence-corrected chi connectivity index (χ4v) is 6.42. The van der Waals surface area contributed by atoms with Crippen LogP contribution in [0.3, 0.4) is 0 Å². The van der Waals surface area contributed by atoms with Crippen LogP contribution in [0.5, 0.6) is 0 Å². The van der Waals surface area contributed by atoms with Crippen molar-refractivity contribution in [2.45, 2.75) is 76.5 Å². The molecule has 1 unspecified atom stereocenters. The van der Waals surface area contributed by atoms with Gasteiger partial charge >= 0.3 is 0 Å². The Labute approximate surface area is 241 Å². The summed E-state index contributed by atoms with van der Waals surface area (Å²) in [5.41, 5.74) is 2.68. The van der Waals surface area contributed by atoms with Crippen LogP contribution in [-0.2, 0) is 17.9 Å². The van der Waals surface area contributed by atoms with Crippen LogP contribution in [-0.4, -0.2) is 45.7 Å². The van der Waals surface area contributed by atoms with Gasteiger partial charge in [0.05, 0.1) is 6.54 Å². The highest BCUT2D eigenvalue weighted by molar-refractivity contribution is 5.98. The third kappa shape index (κ3) is 6.41. The molecule has 1 atom stereocenters. The van der Waals surface area contributed by atoms with Crippen LogP contribution in [0.25, 0.3) is 10.9 Å². The van der Waals surface area contributed by atoms with Crippen molar-refractivity contribution in [3.05, 3.63) is 95.6 Å². The summed E-state index contributed by atoms with van der Waals surface area (Å²) in [6.07, 6.45) is 10.9. The maximum atomic E-state index is 14.4. The Bertz CT molecular complexity index is 1450. The third-order valence-corrected chi connectivity index (χ3v) is 8.58. The molecule has 3 heterocycles. The van der Waals surface area contributed by atoms with E-state index < -0.39 is 6.04 Å². The smallest absolute Gasteiger partial charge is 0.290 e. The second-order valence-electron chi connectivity index (χ2n) is 11.6. The number of hydrogen-bond donors (Lipinski definition) is 2. The van der Waals surface area contributed by atoms with Crippen molar-refractivity contribution in [3.8, 4) is 0 Å². The standard InChI is InChI=1S/C34H40N4O3/c39-33(36-26-14-6-2-7-15-26)32(29-22-35-30-17-9-8-16-28(29)30)38(23-25-12-4-1-5-13-25)34(40)31-19-18-27(41-31)24-37-20-10-3-11-21-37/h1,4-5,8-9,12-13,16-19,22,26,32,35H,2-3,6-7,10-11,14-15,20-21,23-24H2,(H,36,39). The summed E-state index contributed by atoms with van der Waals surface area (Å²) in [7, 11) is 0. The van der Waals surface area contributed by atoms with E-state index in [4.69, 9.17) is 4.42 Å². The van der Waals surface area contributed by atoms with Crippen molar-refractivity contribution in [1.29, 1.82) is 0 Å². The minimum atomic E-state index is -0.823. The molecule has 7 nitrogen and oxygen atoms in total. The van der Waals surface area contributed by atoms with Gasteiger partial charge in [0.1, 0.15) is 11.8 Å². The number of piperidine rings is 1. The van der Waals surface area contributed by atoms with Crippen LogP contribution in [0.1, 0.15) is 84.9 Å². The molecule has 2 N–H and O–H groups in total. The number of furan rings is 1. The van der Waals surface area contributed by atoms with Crippen molar-refractivity contribution < 1.29 is 14.0 Å². The van der Waals surface area contributed by atoms with Gasteiger partial charge in [-0.05, 0) is 62.5 Å². The zero-order valence-corrected chi connectivity index (χ0v) is 23.7. The van der Waals surface area contributed by atoms with Gasteiger partial charge in [-0.3, -0.25) is 14.5 Å². The van der Waals surface area contributed by atoms with Gasteiger partial charge in [-0.1, -0.05) is 74.2 Å². The second kappa shape index (κ2) is 12.8. The van der Waals surface area contributed by atoms with E-state index in [-0.39, 0.29) is 30.2 Å². The molecule has 0 spiro atoms. The van der Waals surface area contributed by atoms with E-state index in [2.05, 4.69) is 15.2 Å². The largest absolute Gasteiger partial charge is 0.455 e. The Morgan fingerprint density at radius 3 is 2.44 bits per heavy atom. The molecule has 0 radical (unpaired) electrons. The summed E-state index contributed by atoms with van der Waals surface area (Å²) in [6, 6.07) is 20.8. The van der Waals surface area contributed by atoms with Crippen molar-refractivity contribution in [3.63, 3.8) is 0 Å². The number of carbonyl (C=O) groups is 2. The number of H-pyrrole nitrogens is 1. The number of aromatic amines is 1. The predicted molar refractivity (Wildman–Crippen MR) is 160 cm³/mol. The number of carbonyl (C=O) groups excluding carboxylic acids is 2. The molecule has 2 amide bonds. The number of fused-ring (bicyclic) bond motifs is 1. The molecule has 2 aliphatic rings. The van der Waals surface area contributed by atoms with Crippen LogP contribution >= 0.6 is 0 Å². The average Bonchev–Trinajstić information content (AvgIpc) is 3.66. The number of amides is 2. The Balaban J connectivity index is 1.36.